The van der Waals surface area contributed by atoms with Crippen LogP contribution in [0.4, 0.5) is 10.5 Å². The fourth-order valence-electron chi connectivity index (χ4n) is 3.26. The minimum absolute atomic E-state index is 0.148. The van der Waals surface area contributed by atoms with Gasteiger partial charge in [-0.3, -0.25) is 0 Å². The quantitative estimate of drug-likeness (QED) is 0.745. The zero-order valence-electron chi connectivity index (χ0n) is 15.8. The number of nitrogens with one attached hydrogen (secondary N) is 1. The van der Waals surface area contributed by atoms with Gasteiger partial charge in [-0.1, -0.05) is 42.5 Å². The summed E-state index contributed by atoms with van der Waals surface area (Å²) in [4.78, 5) is 23.7. The van der Waals surface area contributed by atoms with Crippen LogP contribution in [0.1, 0.15) is 18.2 Å². The molecule has 1 N–H and O–H groups in total. The topological polar surface area (TPSA) is 67.3 Å². The molecule has 1 aromatic heterocycles. The van der Waals surface area contributed by atoms with E-state index in [2.05, 4.69) is 10.3 Å². The minimum Gasteiger partial charge on any atom is -0.492 e. The van der Waals surface area contributed by atoms with Gasteiger partial charge in [0.05, 0.1) is 24.5 Å². The van der Waals surface area contributed by atoms with Crippen LogP contribution in [0, 0.1) is 0 Å². The first-order valence-corrected chi connectivity index (χ1v) is 9.42. The standard InChI is InChI=1S/C22H22N4O2/c1-2-28-20-11-7-6-10-19(20)25-22(27)26-13-12-18-17(15-26)14-23-21(24-18)16-8-4-3-5-9-16/h3-11,14H,2,12-13,15H2,1H3,(H,25,27). The summed E-state index contributed by atoms with van der Waals surface area (Å²) < 4.78 is 5.58. The number of carbonyl (C=O) groups is 1. The van der Waals surface area contributed by atoms with E-state index in [0.717, 1.165) is 22.6 Å². The lowest BCUT2D eigenvalue weighted by Crippen LogP contribution is -2.39. The Labute approximate surface area is 164 Å². The average molecular weight is 374 g/mol. The smallest absolute Gasteiger partial charge is 0.322 e. The molecular formula is C22H22N4O2. The number of hydrogen-bond donors (Lipinski definition) is 1. The van der Waals surface area contributed by atoms with Crippen LogP contribution in [0.25, 0.3) is 11.4 Å². The van der Waals surface area contributed by atoms with Crippen molar-refractivity contribution >= 4 is 11.7 Å². The van der Waals surface area contributed by atoms with Crippen molar-refractivity contribution in [1.82, 2.24) is 14.9 Å². The Morgan fingerprint density at radius 2 is 1.93 bits per heavy atom. The third kappa shape index (κ3) is 3.81. The molecule has 0 aliphatic carbocycles. The molecule has 0 fully saturated rings. The van der Waals surface area contributed by atoms with Crippen LogP contribution in [0.5, 0.6) is 5.75 Å². The molecular weight excluding hydrogens is 352 g/mol. The van der Waals surface area contributed by atoms with Gasteiger partial charge < -0.3 is 15.0 Å². The van der Waals surface area contributed by atoms with Gasteiger partial charge in [0.1, 0.15) is 5.75 Å². The summed E-state index contributed by atoms with van der Waals surface area (Å²) in [5.74, 6) is 1.40. The Balaban J connectivity index is 1.48. The second-order valence-electron chi connectivity index (χ2n) is 6.56. The first-order valence-electron chi connectivity index (χ1n) is 9.42. The van der Waals surface area contributed by atoms with E-state index in [-0.39, 0.29) is 6.03 Å². The number of aromatic nitrogens is 2. The molecule has 6 heteroatoms. The summed E-state index contributed by atoms with van der Waals surface area (Å²) in [5.41, 5.74) is 3.67. The third-order valence-electron chi connectivity index (χ3n) is 4.68. The monoisotopic (exact) mass is 374 g/mol. The second-order valence-corrected chi connectivity index (χ2v) is 6.56. The number of para-hydroxylation sites is 2. The molecule has 0 radical (unpaired) electrons. The van der Waals surface area contributed by atoms with Crippen molar-refractivity contribution < 1.29 is 9.53 Å². The van der Waals surface area contributed by atoms with E-state index in [4.69, 9.17) is 9.72 Å². The fraction of sp³-hybridized carbons (Fsp3) is 0.227. The van der Waals surface area contributed by atoms with Crippen LogP contribution < -0.4 is 10.1 Å². The predicted octanol–water partition coefficient (Wildman–Crippen LogP) is 4.13. The van der Waals surface area contributed by atoms with E-state index < -0.39 is 0 Å². The van der Waals surface area contributed by atoms with Gasteiger partial charge in [0.2, 0.25) is 0 Å². The summed E-state index contributed by atoms with van der Waals surface area (Å²) in [7, 11) is 0. The van der Waals surface area contributed by atoms with E-state index in [0.29, 0.717) is 37.6 Å². The lowest BCUT2D eigenvalue weighted by molar-refractivity contribution is 0.205. The fourth-order valence-corrected chi connectivity index (χ4v) is 3.26. The molecule has 6 nitrogen and oxygen atoms in total. The average Bonchev–Trinajstić information content (AvgIpc) is 2.75. The molecule has 0 unspecified atom stereocenters. The molecule has 0 saturated heterocycles. The van der Waals surface area contributed by atoms with Crippen LogP contribution in [0.15, 0.2) is 60.8 Å². The van der Waals surface area contributed by atoms with Gasteiger partial charge in [0.15, 0.2) is 5.82 Å². The zero-order chi connectivity index (χ0) is 19.3. The number of amides is 2. The first-order chi connectivity index (χ1) is 13.7. The predicted molar refractivity (Wildman–Crippen MR) is 108 cm³/mol. The lowest BCUT2D eigenvalue weighted by atomic mass is 10.1. The van der Waals surface area contributed by atoms with E-state index in [1.54, 1.807) is 4.90 Å². The van der Waals surface area contributed by atoms with Crippen LogP contribution in [0.2, 0.25) is 0 Å². The van der Waals surface area contributed by atoms with Crippen molar-refractivity contribution in [1.29, 1.82) is 0 Å². The molecule has 4 rings (SSSR count). The van der Waals surface area contributed by atoms with Gasteiger partial charge in [-0.25, -0.2) is 14.8 Å². The van der Waals surface area contributed by atoms with Gasteiger partial charge in [-0.05, 0) is 19.1 Å². The largest absolute Gasteiger partial charge is 0.492 e. The van der Waals surface area contributed by atoms with E-state index >= 15 is 0 Å². The Morgan fingerprint density at radius 3 is 2.75 bits per heavy atom. The van der Waals surface area contributed by atoms with Crippen LogP contribution in [-0.4, -0.2) is 34.1 Å². The molecule has 1 aliphatic rings. The third-order valence-corrected chi connectivity index (χ3v) is 4.68. The van der Waals surface area contributed by atoms with Crippen molar-refractivity contribution in [3.05, 3.63) is 72.1 Å². The minimum atomic E-state index is -0.148. The molecule has 0 bridgehead atoms. The summed E-state index contributed by atoms with van der Waals surface area (Å²) in [5, 5.41) is 2.95. The number of hydrogen-bond acceptors (Lipinski definition) is 4. The van der Waals surface area contributed by atoms with Gasteiger partial charge in [-0.15, -0.1) is 0 Å². The molecule has 0 saturated carbocycles. The Kier molecular flexibility index (Phi) is 5.19. The zero-order valence-corrected chi connectivity index (χ0v) is 15.8. The SMILES string of the molecule is CCOc1ccccc1NC(=O)N1CCc2nc(-c3ccccc3)ncc2C1. The summed E-state index contributed by atoms with van der Waals surface area (Å²) in [6.07, 6.45) is 2.54. The van der Waals surface area contributed by atoms with Gasteiger partial charge >= 0.3 is 6.03 Å². The molecule has 2 aromatic carbocycles. The maximum atomic E-state index is 12.7. The van der Waals surface area contributed by atoms with Crippen LogP contribution in [0.3, 0.4) is 0 Å². The summed E-state index contributed by atoms with van der Waals surface area (Å²) in [6.45, 7) is 3.57. The number of benzene rings is 2. The second kappa shape index (κ2) is 8.08. The maximum Gasteiger partial charge on any atom is 0.322 e. The number of nitrogens with zero attached hydrogens (tertiary/aromatic N) is 3. The Bertz CT molecular complexity index is 975. The number of anilines is 1. The maximum absolute atomic E-state index is 12.7. The molecule has 142 valence electrons. The highest BCUT2D eigenvalue weighted by molar-refractivity contribution is 5.91. The number of ether oxygens (including phenoxy) is 1. The highest BCUT2D eigenvalue weighted by Gasteiger charge is 2.23. The molecule has 28 heavy (non-hydrogen) atoms. The molecule has 2 amide bonds. The normalized spacial score (nSPS) is 13.0. The number of urea groups is 1. The van der Waals surface area contributed by atoms with Crippen molar-refractivity contribution in [2.24, 2.45) is 0 Å². The molecule has 3 aromatic rings. The number of fused-ring (bicyclic) bond motifs is 1. The first kappa shape index (κ1) is 18.0. The lowest BCUT2D eigenvalue weighted by Gasteiger charge is -2.28. The van der Waals surface area contributed by atoms with Crippen LogP contribution >= 0.6 is 0 Å². The van der Waals surface area contributed by atoms with E-state index in [1.807, 2.05) is 67.7 Å². The Morgan fingerprint density at radius 1 is 1.14 bits per heavy atom. The number of carbonyl (C=O) groups excluding carboxylic acids is 1. The highest BCUT2D eigenvalue weighted by Crippen LogP contribution is 2.25. The van der Waals surface area contributed by atoms with Crippen molar-refractivity contribution in [2.75, 3.05) is 18.5 Å². The van der Waals surface area contributed by atoms with Gasteiger partial charge in [0.25, 0.3) is 0 Å². The molecule has 2 heterocycles. The molecule has 1 aliphatic heterocycles. The van der Waals surface area contributed by atoms with E-state index in [9.17, 15) is 4.79 Å². The highest BCUT2D eigenvalue weighted by atomic mass is 16.5. The van der Waals surface area contributed by atoms with Crippen LogP contribution in [-0.2, 0) is 13.0 Å². The van der Waals surface area contributed by atoms with Gasteiger partial charge in [0, 0.05) is 30.3 Å². The summed E-state index contributed by atoms with van der Waals surface area (Å²) in [6, 6.07) is 17.2. The Hall–Kier alpha value is -3.41. The number of rotatable bonds is 4. The van der Waals surface area contributed by atoms with Crippen molar-refractivity contribution in [3.8, 4) is 17.1 Å². The van der Waals surface area contributed by atoms with Crippen molar-refractivity contribution in [3.63, 3.8) is 0 Å². The van der Waals surface area contributed by atoms with Gasteiger partial charge in [-0.2, -0.15) is 0 Å². The van der Waals surface area contributed by atoms with E-state index in [1.165, 1.54) is 0 Å². The summed E-state index contributed by atoms with van der Waals surface area (Å²) >= 11 is 0. The molecule has 0 atom stereocenters. The van der Waals surface area contributed by atoms with Crippen molar-refractivity contribution in [2.45, 2.75) is 19.9 Å². The molecule has 0 spiro atoms.